The lowest BCUT2D eigenvalue weighted by molar-refractivity contribution is 0.0657. The number of hydrogen-bond donors (Lipinski definition) is 1. The molecular formula is C21H29IN4O3. The molecule has 29 heavy (non-hydrogen) atoms. The van der Waals surface area contributed by atoms with Gasteiger partial charge in [0.25, 0.3) is 5.91 Å². The number of aryl methyl sites for hydroxylation is 1. The first-order valence-electron chi connectivity index (χ1n) is 9.73. The van der Waals surface area contributed by atoms with E-state index in [4.69, 9.17) is 9.15 Å². The number of aliphatic imine (C=N–C) groups is 1. The Balaban J connectivity index is 0.00000300. The summed E-state index contributed by atoms with van der Waals surface area (Å²) < 4.78 is 11.0. The fourth-order valence-electron chi connectivity index (χ4n) is 3.05. The Morgan fingerprint density at radius 1 is 1.14 bits per heavy atom. The van der Waals surface area contributed by atoms with Crippen LogP contribution in [-0.4, -0.2) is 67.5 Å². The van der Waals surface area contributed by atoms with Gasteiger partial charge in [-0.2, -0.15) is 0 Å². The SMILES string of the molecule is CCNC(=NCCOc1ccc(C)cc1)N1CCN(C(=O)c2ccco2)CC1.I. The summed E-state index contributed by atoms with van der Waals surface area (Å²) in [6.07, 6.45) is 1.53. The second-order valence-electron chi connectivity index (χ2n) is 6.65. The molecule has 1 aromatic heterocycles. The number of piperazine rings is 1. The average molecular weight is 512 g/mol. The predicted molar refractivity (Wildman–Crippen MR) is 124 cm³/mol. The Labute approximate surface area is 189 Å². The summed E-state index contributed by atoms with van der Waals surface area (Å²) >= 11 is 0. The molecule has 0 radical (unpaired) electrons. The van der Waals surface area contributed by atoms with Gasteiger partial charge in [-0.05, 0) is 38.1 Å². The number of rotatable bonds is 6. The number of carbonyl (C=O) groups excluding carboxylic acids is 1. The fraction of sp³-hybridized carbons (Fsp3) is 0.429. The number of ether oxygens (including phenoxy) is 1. The molecule has 158 valence electrons. The number of nitrogens with one attached hydrogen (secondary N) is 1. The Morgan fingerprint density at radius 2 is 1.83 bits per heavy atom. The number of amides is 1. The van der Waals surface area contributed by atoms with E-state index in [1.165, 1.54) is 11.8 Å². The minimum Gasteiger partial charge on any atom is -0.492 e. The summed E-state index contributed by atoms with van der Waals surface area (Å²) in [5.74, 6) is 2.05. The van der Waals surface area contributed by atoms with Gasteiger partial charge in [0.2, 0.25) is 0 Å². The lowest BCUT2D eigenvalue weighted by Gasteiger charge is -2.36. The summed E-state index contributed by atoms with van der Waals surface area (Å²) in [5.41, 5.74) is 1.21. The van der Waals surface area contributed by atoms with Crippen LogP contribution < -0.4 is 10.1 Å². The van der Waals surface area contributed by atoms with Crippen molar-refractivity contribution in [2.45, 2.75) is 13.8 Å². The zero-order valence-corrected chi connectivity index (χ0v) is 19.3. The Kier molecular flexibility index (Phi) is 9.30. The van der Waals surface area contributed by atoms with E-state index >= 15 is 0 Å². The summed E-state index contributed by atoms with van der Waals surface area (Å²) in [7, 11) is 0. The first kappa shape index (κ1) is 23.1. The Morgan fingerprint density at radius 3 is 2.45 bits per heavy atom. The molecule has 0 saturated carbocycles. The molecule has 1 amide bonds. The van der Waals surface area contributed by atoms with E-state index in [-0.39, 0.29) is 29.9 Å². The topological polar surface area (TPSA) is 70.3 Å². The molecule has 1 aromatic carbocycles. The van der Waals surface area contributed by atoms with Crippen molar-refractivity contribution in [3.05, 3.63) is 54.0 Å². The van der Waals surface area contributed by atoms with Crippen LogP contribution in [0, 0.1) is 6.92 Å². The van der Waals surface area contributed by atoms with E-state index in [2.05, 4.69) is 29.1 Å². The quantitative estimate of drug-likeness (QED) is 0.279. The highest BCUT2D eigenvalue weighted by Crippen LogP contribution is 2.12. The molecule has 0 aliphatic carbocycles. The van der Waals surface area contributed by atoms with Crippen LogP contribution in [0.15, 0.2) is 52.1 Å². The van der Waals surface area contributed by atoms with Crippen LogP contribution in [0.2, 0.25) is 0 Å². The monoisotopic (exact) mass is 512 g/mol. The van der Waals surface area contributed by atoms with Crippen molar-refractivity contribution in [3.8, 4) is 5.75 Å². The van der Waals surface area contributed by atoms with Gasteiger partial charge in [-0.25, -0.2) is 4.99 Å². The van der Waals surface area contributed by atoms with Crippen LogP contribution in [-0.2, 0) is 0 Å². The second kappa shape index (κ2) is 11.7. The molecule has 2 aromatic rings. The van der Waals surface area contributed by atoms with Crippen molar-refractivity contribution in [1.82, 2.24) is 15.1 Å². The highest BCUT2D eigenvalue weighted by Gasteiger charge is 2.25. The maximum Gasteiger partial charge on any atom is 0.289 e. The van der Waals surface area contributed by atoms with Crippen molar-refractivity contribution in [1.29, 1.82) is 0 Å². The fourth-order valence-corrected chi connectivity index (χ4v) is 3.05. The zero-order chi connectivity index (χ0) is 19.8. The maximum absolute atomic E-state index is 12.4. The summed E-state index contributed by atoms with van der Waals surface area (Å²) in [5, 5.41) is 3.33. The molecular weight excluding hydrogens is 483 g/mol. The van der Waals surface area contributed by atoms with E-state index in [0.29, 0.717) is 32.0 Å². The third kappa shape index (κ3) is 6.66. The molecule has 7 nitrogen and oxygen atoms in total. The van der Waals surface area contributed by atoms with Crippen molar-refractivity contribution < 1.29 is 13.9 Å². The minimum absolute atomic E-state index is 0. The molecule has 1 aliphatic heterocycles. The van der Waals surface area contributed by atoms with Crippen LogP contribution in [0.4, 0.5) is 0 Å². The van der Waals surface area contributed by atoms with Crippen LogP contribution in [0.5, 0.6) is 5.75 Å². The largest absolute Gasteiger partial charge is 0.492 e. The molecule has 2 heterocycles. The summed E-state index contributed by atoms with van der Waals surface area (Å²) in [6.45, 7) is 8.75. The lowest BCUT2D eigenvalue weighted by Crippen LogP contribution is -2.53. The van der Waals surface area contributed by atoms with Gasteiger partial charge in [-0.15, -0.1) is 24.0 Å². The van der Waals surface area contributed by atoms with E-state index in [9.17, 15) is 4.79 Å². The molecule has 1 fully saturated rings. The van der Waals surface area contributed by atoms with Crippen LogP contribution in [0.1, 0.15) is 23.0 Å². The first-order chi connectivity index (χ1) is 13.7. The molecule has 1 N–H and O–H groups in total. The number of halogens is 1. The summed E-state index contributed by atoms with van der Waals surface area (Å²) in [4.78, 5) is 21.1. The third-order valence-corrected chi connectivity index (χ3v) is 4.58. The van der Waals surface area contributed by atoms with Gasteiger partial charge in [-0.3, -0.25) is 4.79 Å². The second-order valence-corrected chi connectivity index (χ2v) is 6.65. The van der Waals surface area contributed by atoms with Crippen LogP contribution in [0.25, 0.3) is 0 Å². The van der Waals surface area contributed by atoms with Crippen molar-refractivity contribution in [3.63, 3.8) is 0 Å². The van der Waals surface area contributed by atoms with E-state index in [0.717, 1.165) is 31.3 Å². The van der Waals surface area contributed by atoms with Gasteiger partial charge >= 0.3 is 0 Å². The number of nitrogens with zero attached hydrogens (tertiary/aromatic N) is 3. The normalized spacial score (nSPS) is 14.3. The molecule has 0 bridgehead atoms. The van der Waals surface area contributed by atoms with E-state index in [1.54, 1.807) is 12.1 Å². The number of hydrogen-bond acceptors (Lipinski definition) is 4. The van der Waals surface area contributed by atoms with Crippen LogP contribution in [0.3, 0.4) is 0 Å². The van der Waals surface area contributed by atoms with E-state index in [1.807, 2.05) is 29.2 Å². The van der Waals surface area contributed by atoms with Gasteiger partial charge in [-0.1, -0.05) is 17.7 Å². The molecule has 3 rings (SSSR count). The molecule has 0 atom stereocenters. The van der Waals surface area contributed by atoms with Gasteiger partial charge in [0.1, 0.15) is 12.4 Å². The molecule has 1 saturated heterocycles. The smallest absolute Gasteiger partial charge is 0.289 e. The van der Waals surface area contributed by atoms with Crippen molar-refractivity contribution in [2.75, 3.05) is 45.9 Å². The van der Waals surface area contributed by atoms with Gasteiger partial charge in [0, 0.05) is 32.7 Å². The predicted octanol–water partition coefficient (Wildman–Crippen LogP) is 3.01. The number of furan rings is 1. The number of carbonyl (C=O) groups is 1. The minimum atomic E-state index is -0.0573. The highest BCUT2D eigenvalue weighted by atomic mass is 127. The molecule has 1 aliphatic rings. The lowest BCUT2D eigenvalue weighted by atomic mass is 10.2. The number of benzene rings is 1. The molecule has 0 unspecified atom stereocenters. The van der Waals surface area contributed by atoms with Crippen molar-refractivity contribution >= 4 is 35.8 Å². The highest BCUT2D eigenvalue weighted by molar-refractivity contribution is 14.0. The van der Waals surface area contributed by atoms with Gasteiger partial charge in [0.15, 0.2) is 11.7 Å². The Bertz CT molecular complexity index is 770. The van der Waals surface area contributed by atoms with Gasteiger partial charge in [0.05, 0.1) is 12.8 Å². The molecule has 8 heteroatoms. The van der Waals surface area contributed by atoms with E-state index < -0.39 is 0 Å². The summed E-state index contributed by atoms with van der Waals surface area (Å²) in [6, 6.07) is 11.4. The molecule has 0 spiro atoms. The number of guanidine groups is 1. The van der Waals surface area contributed by atoms with Gasteiger partial charge < -0.3 is 24.3 Å². The Hall–Kier alpha value is -2.23. The van der Waals surface area contributed by atoms with Crippen LogP contribution >= 0.6 is 24.0 Å². The standard InChI is InChI=1S/C21H28N4O3.HI/c1-3-22-21(23-10-16-27-18-8-6-17(2)7-9-18)25-13-11-24(12-14-25)20(26)19-5-4-15-28-19;/h4-9,15H,3,10-14,16H2,1-2H3,(H,22,23);1H. The zero-order valence-electron chi connectivity index (χ0n) is 17.0. The first-order valence-corrected chi connectivity index (χ1v) is 9.73. The average Bonchev–Trinajstić information content (AvgIpc) is 3.26. The maximum atomic E-state index is 12.4. The third-order valence-electron chi connectivity index (χ3n) is 4.58. The van der Waals surface area contributed by atoms with Crippen molar-refractivity contribution in [2.24, 2.45) is 4.99 Å².